The van der Waals surface area contributed by atoms with Crippen LogP contribution in [0.3, 0.4) is 0 Å². The van der Waals surface area contributed by atoms with E-state index in [2.05, 4.69) is 0 Å². The molecular formula is C9H19NO2. The zero-order valence-electron chi connectivity index (χ0n) is 7.75. The summed E-state index contributed by atoms with van der Waals surface area (Å²) in [5.41, 5.74) is 5.42. The smallest absolute Gasteiger partial charge is 0.0608 e. The summed E-state index contributed by atoms with van der Waals surface area (Å²) in [6, 6.07) is 0. The maximum atomic E-state index is 8.96. The minimum Gasteiger partial charge on any atom is -0.394 e. The quantitative estimate of drug-likeness (QED) is 0.654. The summed E-state index contributed by atoms with van der Waals surface area (Å²) in [5.74, 6) is 0.542. The standard InChI is InChI=1S/C9H19NO2/c1-9(10,7-11)5-8-3-2-4-12-6-8/h8,11H,2-7,10H2,1H3. The fourth-order valence-corrected chi connectivity index (χ4v) is 1.69. The number of nitrogens with two attached hydrogens (primary N) is 1. The second kappa shape index (κ2) is 4.21. The van der Waals surface area contributed by atoms with Crippen molar-refractivity contribution in [3.05, 3.63) is 0 Å². The van der Waals surface area contributed by atoms with Crippen LogP contribution in [0.25, 0.3) is 0 Å². The molecule has 0 spiro atoms. The molecule has 1 fully saturated rings. The highest BCUT2D eigenvalue weighted by molar-refractivity contribution is 4.81. The summed E-state index contributed by atoms with van der Waals surface area (Å²) in [6.07, 6.45) is 3.18. The third kappa shape index (κ3) is 3.09. The summed E-state index contributed by atoms with van der Waals surface area (Å²) >= 11 is 0. The molecule has 1 heterocycles. The Kier molecular flexibility index (Phi) is 3.50. The SMILES string of the molecule is CC(N)(CO)CC1CCCOC1. The first kappa shape index (κ1) is 9.96. The number of aliphatic hydroxyl groups excluding tert-OH is 1. The van der Waals surface area contributed by atoms with Gasteiger partial charge in [-0.3, -0.25) is 0 Å². The molecule has 0 amide bonds. The summed E-state index contributed by atoms with van der Waals surface area (Å²) in [6.45, 7) is 3.65. The molecule has 72 valence electrons. The Balaban J connectivity index is 2.28. The lowest BCUT2D eigenvalue weighted by molar-refractivity contribution is 0.0377. The van der Waals surface area contributed by atoms with Gasteiger partial charge in [-0.05, 0) is 32.1 Å². The molecule has 3 nitrogen and oxygen atoms in total. The molecular weight excluding hydrogens is 154 g/mol. The van der Waals surface area contributed by atoms with Crippen molar-refractivity contribution in [2.45, 2.75) is 31.7 Å². The van der Waals surface area contributed by atoms with E-state index in [0.29, 0.717) is 5.92 Å². The normalized spacial score (nSPS) is 29.8. The van der Waals surface area contributed by atoms with Crippen LogP contribution in [0.4, 0.5) is 0 Å². The third-order valence-electron chi connectivity index (χ3n) is 2.37. The Morgan fingerprint density at radius 3 is 2.92 bits per heavy atom. The Morgan fingerprint density at radius 1 is 1.67 bits per heavy atom. The van der Waals surface area contributed by atoms with Crippen molar-refractivity contribution in [3.63, 3.8) is 0 Å². The first-order valence-corrected chi connectivity index (χ1v) is 4.61. The van der Waals surface area contributed by atoms with Crippen LogP contribution in [-0.2, 0) is 4.74 Å². The van der Waals surface area contributed by atoms with Gasteiger partial charge in [-0.25, -0.2) is 0 Å². The maximum absolute atomic E-state index is 8.96. The minimum absolute atomic E-state index is 0.0590. The Hall–Kier alpha value is -0.120. The van der Waals surface area contributed by atoms with E-state index >= 15 is 0 Å². The molecule has 0 aromatic heterocycles. The first-order valence-electron chi connectivity index (χ1n) is 4.61. The van der Waals surface area contributed by atoms with E-state index in [1.54, 1.807) is 0 Å². The molecule has 0 bridgehead atoms. The Labute approximate surface area is 73.9 Å². The molecule has 1 aliphatic rings. The summed E-state index contributed by atoms with van der Waals surface area (Å²) in [7, 11) is 0. The number of ether oxygens (including phenoxy) is 1. The minimum atomic E-state index is -0.425. The van der Waals surface area contributed by atoms with Crippen molar-refractivity contribution in [1.82, 2.24) is 0 Å². The highest BCUT2D eigenvalue weighted by atomic mass is 16.5. The zero-order valence-corrected chi connectivity index (χ0v) is 7.75. The van der Waals surface area contributed by atoms with Gasteiger partial charge >= 0.3 is 0 Å². The molecule has 3 N–H and O–H groups in total. The monoisotopic (exact) mass is 173 g/mol. The van der Waals surface area contributed by atoms with Gasteiger partial charge in [-0.15, -0.1) is 0 Å². The second-order valence-corrected chi connectivity index (χ2v) is 4.10. The molecule has 3 heteroatoms. The van der Waals surface area contributed by atoms with E-state index in [4.69, 9.17) is 15.6 Å². The van der Waals surface area contributed by atoms with Crippen molar-refractivity contribution in [2.75, 3.05) is 19.8 Å². The van der Waals surface area contributed by atoms with Crippen LogP contribution in [-0.4, -0.2) is 30.5 Å². The number of hydrogen-bond acceptors (Lipinski definition) is 3. The van der Waals surface area contributed by atoms with E-state index in [-0.39, 0.29) is 6.61 Å². The van der Waals surface area contributed by atoms with Crippen molar-refractivity contribution in [1.29, 1.82) is 0 Å². The van der Waals surface area contributed by atoms with Gasteiger partial charge in [0.15, 0.2) is 0 Å². The van der Waals surface area contributed by atoms with Crippen molar-refractivity contribution < 1.29 is 9.84 Å². The average Bonchev–Trinajstić information content (AvgIpc) is 2.06. The van der Waals surface area contributed by atoms with Crippen LogP contribution in [0.5, 0.6) is 0 Å². The molecule has 0 aromatic carbocycles. The molecule has 2 unspecified atom stereocenters. The van der Waals surface area contributed by atoms with E-state index in [0.717, 1.165) is 26.1 Å². The molecule has 12 heavy (non-hydrogen) atoms. The van der Waals surface area contributed by atoms with E-state index in [1.807, 2.05) is 6.92 Å². The van der Waals surface area contributed by atoms with Crippen LogP contribution in [0, 0.1) is 5.92 Å². The van der Waals surface area contributed by atoms with Crippen LogP contribution < -0.4 is 5.73 Å². The van der Waals surface area contributed by atoms with Gasteiger partial charge in [-0.1, -0.05) is 0 Å². The van der Waals surface area contributed by atoms with Crippen molar-refractivity contribution in [3.8, 4) is 0 Å². The van der Waals surface area contributed by atoms with Gasteiger partial charge in [-0.2, -0.15) is 0 Å². The lowest BCUT2D eigenvalue weighted by Gasteiger charge is -2.30. The van der Waals surface area contributed by atoms with Crippen LogP contribution in [0.1, 0.15) is 26.2 Å². The van der Waals surface area contributed by atoms with Gasteiger partial charge in [0.05, 0.1) is 6.61 Å². The van der Waals surface area contributed by atoms with Crippen molar-refractivity contribution >= 4 is 0 Å². The maximum Gasteiger partial charge on any atom is 0.0608 e. The predicted molar refractivity (Wildman–Crippen MR) is 47.8 cm³/mol. The Morgan fingerprint density at radius 2 is 2.42 bits per heavy atom. The molecule has 0 aliphatic carbocycles. The predicted octanol–water partition coefficient (Wildman–Crippen LogP) is 0.513. The topological polar surface area (TPSA) is 55.5 Å². The summed E-state index contributed by atoms with van der Waals surface area (Å²) in [4.78, 5) is 0. The number of rotatable bonds is 3. The fourth-order valence-electron chi connectivity index (χ4n) is 1.69. The highest BCUT2D eigenvalue weighted by Gasteiger charge is 2.24. The van der Waals surface area contributed by atoms with Gasteiger partial charge in [0.25, 0.3) is 0 Å². The first-order chi connectivity index (χ1) is 5.64. The van der Waals surface area contributed by atoms with Crippen molar-refractivity contribution in [2.24, 2.45) is 11.7 Å². The second-order valence-electron chi connectivity index (χ2n) is 4.10. The molecule has 1 rings (SSSR count). The fraction of sp³-hybridized carbons (Fsp3) is 1.00. The van der Waals surface area contributed by atoms with Crippen LogP contribution in [0.15, 0.2) is 0 Å². The third-order valence-corrected chi connectivity index (χ3v) is 2.37. The summed E-state index contributed by atoms with van der Waals surface area (Å²) < 4.78 is 5.34. The molecule has 0 radical (unpaired) electrons. The van der Waals surface area contributed by atoms with Gasteiger partial charge in [0.1, 0.15) is 0 Å². The van der Waals surface area contributed by atoms with E-state index in [9.17, 15) is 0 Å². The van der Waals surface area contributed by atoms with Gasteiger partial charge < -0.3 is 15.6 Å². The Bertz CT molecular complexity index is 130. The molecule has 1 aliphatic heterocycles. The number of aliphatic hydroxyl groups is 1. The van der Waals surface area contributed by atoms with Gasteiger partial charge in [0.2, 0.25) is 0 Å². The highest BCUT2D eigenvalue weighted by Crippen LogP contribution is 2.22. The molecule has 2 atom stereocenters. The molecule has 1 saturated heterocycles. The van der Waals surface area contributed by atoms with Crippen LogP contribution in [0.2, 0.25) is 0 Å². The van der Waals surface area contributed by atoms with Crippen LogP contribution >= 0.6 is 0 Å². The zero-order chi connectivity index (χ0) is 9.03. The van der Waals surface area contributed by atoms with E-state index in [1.165, 1.54) is 6.42 Å². The van der Waals surface area contributed by atoms with E-state index < -0.39 is 5.54 Å². The largest absolute Gasteiger partial charge is 0.394 e. The molecule has 0 saturated carbocycles. The lowest BCUT2D eigenvalue weighted by atomic mass is 9.87. The van der Waals surface area contributed by atoms with Gasteiger partial charge in [0, 0.05) is 18.8 Å². The molecule has 0 aromatic rings. The summed E-state index contributed by atoms with van der Waals surface area (Å²) in [5, 5.41) is 8.96. The number of hydrogen-bond donors (Lipinski definition) is 2. The average molecular weight is 173 g/mol. The lowest BCUT2D eigenvalue weighted by Crippen LogP contribution is -2.43.